The lowest BCUT2D eigenvalue weighted by Crippen LogP contribution is -2.53. The summed E-state index contributed by atoms with van der Waals surface area (Å²) in [5.41, 5.74) is 3.05. The zero-order valence-corrected chi connectivity index (χ0v) is 19.4. The molecule has 0 saturated carbocycles. The third-order valence-electron chi connectivity index (χ3n) is 6.60. The second kappa shape index (κ2) is 9.18. The van der Waals surface area contributed by atoms with Crippen LogP contribution in [0, 0.1) is 0 Å². The van der Waals surface area contributed by atoms with Crippen LogP contribution in [-0.4, -0.2) is 47.7 Å². The van der Waals surface area contributed by atoms with Crippen LogP contribution >= 0.6 is 0 Å². The SMILES string of the molecule is CC(C(=O)N1CCCc2ccccc21)N(C(=O)CN1C(=O)c2ccccc2C1=O)c1ccccc1. The summed E-state index contributed by atoms with van der Waals surface area (Å²) >= 11 is 0. The number of carbonyl (C=O) groups excluding carboxylic acids is 4. The molecule has 0 saturated heterocycles. The molecule has 4 amide bonds. The molecule has 7 nitrogen and oxygen atoms in total. The molecule has 3 aromatic rings. The number of amides is 4. The molecule has 35 heavy (non-hydrogen) atoms. The lowest BCUT2D eigenvalue weighted by atomic mass is 10.0. The van der Waals surface area contributed by atoms with Crippen LogP contribution in [0.15, 0.2) is 78.9 Å². The summed E-state index contributed by atoms with van der Waals surface area (Å²) in [5.74, 6) is -1.72. The van der Waals surface area contributed by atoms with Crippen molar-refractivity contribution >= 4 is 35.0 Å². The summed E-state index contributed by atoms with van der Waals surface area (Å²) in [5, 5.41) is 0. The molecular weight excluding hydrogens is 442 g/mol. The Morgan fingerprint density at radius 3 is 2.14 bits per heavy atom. The van der Waals surface area contributed by atoms with Crippen LogP contribution in [0.1, 0.15) is 39.6 Å². The van der Waals surface area contributed by atoms with Gasteiger partial charge >= 0.3 is 0 Å². The van der Waals surface area contributed by atoms with Crippen molar-refractivity contribution < 1.29 is 19.2 Å². The summed E-state index contributed by atoms with van der Waals surface area (Å²) in [4.78, 5) is 57.1. The predicted octanol–water partition coefficient (Wildman–Crippen LogP) is 3.68. The Hall–Kier alpha value is -4.26. The van der Waals surface area contributed by atoms with Crippen LogP contribution in [0.4, 0.5) is 11.4 Å². The van der Waals surface area contributed by atoms with Crippen molar-refractivity contribution in [2.75, 3.05) is 22.9 Å². The van der Waals surface area contributed by atoms with Gasteiger partial charge in [0.15, 0.2) is 0 Å². The second-order valence-corrected chi connectivity index (χ2v) is 8.74. The molecule has 5 rings (SSSR count). The highest BCUT2D eigenvalue weighted by Crippen LogP contribution is 2.29. The van der Waals surface area contributed by atoms with Gasteiger partial charge in [0.25, 0.3) is 11.8 Å². The van der Waals surface area contributed by atoms with E-state index in [1.165, 1.54) is 4.90 Å². The first-order valence-corrected chi connectivity index (χ1v) is 11.7. The maximum absolute atomic E-state index is 13.7. The maximum atomic E-state index is 13.7. The number of aryl methyl sites for hydroxylation is 1. The number of hydrogen-bond acceptors (Lipinski definition) is 4. The average Bonchev–Trinajstić information content (AvgIpc) is 3.13. The molecule has 0 bridgehead atoms. The Morgan fingerprint density at radius 2 is 1.46 bits per heavy atom. The van der Waals surface area contributed by atoms with Crippen LogP contribution in [0.5, 0.6) is 0 Å². The lowest BCUT2D eigenvalue weighted by Gasteiger charge is -2.36. The van der Waals surface area contributed by atoms with Gasteiger partial charge in [-0.3, -0.25) is 29.0 Å². The fourth-order valence-corrected chi connectivity index (χ4v) is 4.86. The largest absolute Gasteiger partial charge is 0.310 e. The van der Waals surface area contributed by atoms with Crippen molar-refractivity contribution in [3.8, 4) is 0 Å². The fraction of sp³-hybridized carbons (Fsp3) is 0.214. The van der Waals surface area contributed by atoms with Crippen molar-refractivity contribution in [2.45, 2.75) is 25.8 Å². The molecule has 176 valence electrons. The first-order chi connectivity index (χ1) is 17.0. The highest BCUT2D eigenvalue weighted by atomic mass is 16.2. The zero-order valence-electron chi connectivity index (χ0n) is 19.4. The molecule has 2 aliphatic rings. The molecule has 1 unspecified atom stereocenters. The number of carbonyl (C=O) groups is 4. The minimum atomic E-state index is -0.841. The van der Waals surface area contributed by atoms with Crippen molar-refractivity contribution in [1.82, 2.24) is 4.90 Å². The molecule has 0 radical (unpaired) electrons. The van der Waals surface area contributed by atoms with E-state index in [4.69, 9.17) is 0 Å². The minimum Gasteiger partial charge on any atom is -0.310 e. The lowest BCUT2D eigenvalue weighted by molar-refractivity contribution is -0.124. The van der Waals surface area contributed by atoms with Crippen LogP contribution < -0.4 is 9.80 Å². The molecule has 0 aromatic heterocycles. The molecule has 0 spiro atoms. The predicted molar refractivity (Wildman–Crippen MR) is 132 cm³/mol. The van der Waals surface area contributed by atoms with Crippen molar-refractivity contribution in [3.63, 3.8) is 0 Å². The van der Waals surface area contributed by atoms with Gasteiger partial charge in [0.2, 0.25) is 11.8 Å². The molecule has 2 heterocycles. The Balaban J connectivity index is 1.44. The minimum absolute atomic E-state index is 0.211. The van der Waals surface area contributed by atoms with Gasteiger partial charge in [0.05, 0.1) is 11.1 Å². The molecule has 0 aliphatic carbocycles. The number of para-hydroxylation sites is 2. The van der Waals surface area contributed by atoms with Crippen molar-refractivity contribution in [3.05, 3.63) is 95.6 Å². The molecule has 0 fully saturated rings. The van der Waals surface area contributed by atoms with E-state index < -0.39 is 30.3 Å². The quantitative estimate of drug-likeness (QED) is 0.537. The third-order valence-corrected chi connectivity index (χ3v) is 6.60. The second-order valence-electron chi connectivity index (χ2n) is 8.74. The maximum Gasteiger partial charge on any atom is 0.262 e. The first kappa shape index (κ1) is 22.5. The van der Waals surface area contributed by atoms with Crippen LogP contribution in [0.3, 0.4) is 0 Å². The van der Waals surface area contributed by atoms with Crippen molar-refractivity contribution in [2.24, 2.45) is 0 Å². The van der Waals surface area contributed by atoms with Gasteiger partial charge in [0.1, 0.15) is 12.6 Å². The highest BCUT2D eigenvalue weighted by Gasteiger charge is 2.39. The standard InChI is InChI=1S/C28H25N3O4/c1-19(26(33)29-17-9-11-20-10-5-8-16-24(20)29)31(21-12-3-2-4-13-21)25(32)18-30-27(34)22-14-6-7-15-23(22)28(30)35/h2-8,10,12-16,19H,9,11,17-18H2,1H3. The van der Waals surface area contributed by atoms with E-state index in [0.29, 0.717) is 12.2 Å². The van der Waals surface area contributed by atoms with Crippen LogP contribution in [0.25, 0.3) is 0 Å². The monoisotopic (exact) mass is 467 g/mol. The van der Waals surface area contributed by atoms with Crippen LogP contribution in [0.2, 0.25) is 0 Å². The summed E-state index contributed by atoms with van der Waals surface area (Å²) in [7, 11) is 0. The molecule has 0 N–H and O–H groups in total. The van der Waals surface area contributed by atoms with E-state index in [2.05, 4.69) is 0 Å². The van der Waals surface area contributed by atoms with Gasteiger partial charge in [-0.15, -0.1) is 0 Å². The summed E-state index contributed by atoms with van der Waals surface area (Å²) in [6.45, 7) is 1.80. The summed E-state index contributed by atoms with van der Waals surface area (Å²) in [6.07, 6.45) is 1.74. The van der Waals surface area contributed by atoms with Crippen LogP contribution in [-0.2, 0) is 16.0 Å². The van der Waals surface area contributed by atoms with Gasteiger partial charge in [-0.05, 0) is 55.7 Å². The smallest absolute Gasteiger partial charge is 0.262 e. The molecular formula is C28H25N3O4. The summed E-state index contributed by atoms with van der Waals surface area (Å²) < 4.78 is 0. The van der Waals surface area contributed by atoms with E-state index in [9.17, 15) is 19.2 Å². The number of anilines is 2. The molecule has 2 aliphatic heterocycles. The topological polar surface area (TPSA) is 78.0 Å². The number of rotatable bonds is 5. The van der Waals surface area contributed by atoms with E-state index >= 15 is 0 Å². The number of nitrogens with zero attached hydrogens (tertiary/aromatic N) is 3. The van der Waals surface area contributed by atoms with Gasteiger partial charge in [0, 0.05) is 17.9 Å². The van der Waals surface area contributed by atoms with E-state index in [0.717, 1.165) is 29.0 Å². The van der Waals surface area contributed by atoms with E-state index in [-0.39, 0.29) is 17.0 Å². The first-order valence-electron chi connectivity index (χ1n) is 11.7. The van der Waals surface area contributed by atoms with Gasteiger partial charge in [-0.25, -0.2) is 0 Å². The molecule has 3 aromatic carbocycles. The Labute approximate surface area is 203 Å². The van der Waals surface area contributed by atoms with Gasteiger partial charge in [-0.1, -0.05) is 48.5 Å². The highest BCUT2D eigenvalue weighted by molar-refractivity contribution is 6.23. The fourth-order valence-electron chi connectivity index (χ4n) is 4.86. The van der Waals surface area contributed by atoms with E-state index in [1.54, 1.807) is 60.4 Å². The Kier molecular flexibility index (Phi) is 5.91. The van der Waals surface area contributed by atoms with Crippen molar-refractivity contribution in [1.29, 1.82) is 0 Å². The zero-order chi connectivity index (χ0) is 24.5. The summed E-state index contributed by atoms with van der Waals surface area (Å²) in [6, 6.07) is 22.4. The number of benzene rings is 3. The van der Waals surface area contributed by atoms with Gasteiger partial charge in [-0.2, -0.15) is 0 Å². The Bertz CT molecular complexity index is 1290. The number of imide groups is 1. The van der Waals surface area contributed by atoms with Gasteiger partial charge < -0.3 is 4.90 Å². The molecule has 1 atom stereocenters. The third kappa shape index (κ3) is 3.99. The molecule has 7 heteroatoms. The normalized spacial score (nSPS) is 15.5. The Morgan fingerprint density at radius 1 is 0.857 bits per heavy atom. The number of hydrogen-bond donors (Lipinski definition) is 0. The average molecular weight is 468 g/mol. The van der Waals surface area contributed by atoms with E-state index in [1.807, 2.05) is 30.3 Å². The number of fused-ring (bicyclic) bond motifs is 2.